The number of nitrogens with one attached hydrogen (secondary N) is 1. The number of hydrogen-bond acceptors (Lipinski definition) is 2. The van der Waals surface area contributed by atoms with Gasteiger partial charge in [-0.3, -0.25) is 9.59 Å². The van der Waals surface area contributed by atoms with Crippen molar-refractivity contribution < 1.29 is 9.59 Å². The van der Waals surface area contributed by atoms with Crippen molar-refractivity contribution in [3.05, 3.63) is 0 Å². The van der Waals surface area contributed by atoms with Gasteiger partial charge in [-0.05, 0) is 81.5 Å². The molecule has 140 valence electrons. The Morgan fingerprint density at radius 3 is 2.08 bits per heavy atom. The minimum Gasteiger partial charge on any atom is -0.351 e. The second-order valence-corrected chi connectivity index (χ2v) is 9.85. The van der Waals surface area contributed by atoms with E-state index in [0.29, 0.717) is 5.41 Å². The Labute approximate surface area is 152 Å². The van der Waals surface area contributed by atoms with Crippen LogP contribution in [0.5, 0.6) is 0 Å². The second-order valence-electron chi connectivity index (χ2n) is 9.85. The first-order chi connectivity index (χ1) is 11.9. The van der Waals surface area contributed by atoms with Gasteiger partial charge in [0.2, 0.25) is 11.8 Å². The highest BCUT2D eigenvalue weighted by atomic mass is 16.2. The van der Waals surface area contributed by atoms with Gasteiger partial charge < -0.3 is 10.2 Å². The minimum absolute atomic E-state index is 0.0334. The van der Waals surface area contributed by atoms with Crippen molar-refractivity contribution in [2.45, 2.75) is 84.2 Å². The molecule has 4 bridgehead atoms. The predicted octanol–water partition coefficient (Wildman–Crippen LogP) is 3.35. The van der Waals surface area contributed by atoms with E-state index in [1.165, 1.54) is 38.5 Å². The lowest BCUT2D eigenvalue weighted by atomic mass is 9.48. The number of carbonyl (C=O) groups is 2. The third-order valence-electron chi connectivity index (χ3n) is 7.70. The van der Waals surface area contributed by atoms with E-state index in [1.807, 2.05) is 18.7 Å². The molecular formula is C21H34N2O2. The fourth-order valence-corrected chi connectivity index (χ4v) is 6.81. The normalized spacial score (nSPS) is 40.6. The van der Waals surface area contributed by atoms with E-state index < -0.39 is 0 Å². The van der Waals surface area contributed by atoms with Crippen LogP contribution < -0.4 is 5.32 Å². The van der Waals surface area contributed by atoms with Crippen LogP contribution in [0.1, 0.15) is 72.1 Å². The second kappa shape index (κ2) is 6.28. The Hall–Kier alpha value is -1.06. The molecule has 2 amide bonds. The van der Waals surface area contributed by atoms with Crippen molar-refractivity contribution in [2.75, 3.05) is 6.54 Å². The lowest BCUT2D eigenvalue weighted by molar-refractivity contribution is -0.142. The van der Waals surface area contributed by atoms with Gasteiger partial charge in [-0.25, -0.2) is 0 Å². The van der Waals surface area contributed by atoms with E-state index in [9.17, 15) is 9.59 Å². The first-order valence-corrected chi connectivity index (χ1v) is 10.5. The van der Waals surface area contributed by atoms with E-state index in [0.717, 1.165) is 37.1 Å². The molecule has 4 heteroatoms. The van der Waals surface area contributed by atoms with Gasteiger partial charge in [-0.1, -0.05) is 13.8 Å². The highest BCUT2D eigenvalue weighted by Crippen LogP contribution is 2.61. The summed E-state index contributed by atoms with van der Waals surface area (Å²) in [5, 5.41) is 3.37. The number of amides is 2. The SMILES string of the molecule is CC(C)C(=O)N1CCC[C@H]1C(=O)N[C@H](C)C12CC3CC(CC(C3)C1)C2. The zero-order chi connectivity index (χ0) is 17.8. The van der Waals surface area contributed by atoms with Crippen LogP contribution in [0.4, 0.5) is 0 Å². The zero-order valence-corrected chi connectivity index (χ0v) is 16.1. The van der Waals surface area contributed by atoms with Gasteiger partial charge in [-0.15, -0.1) is 0 Å². The number of carbonyl (C=O) groups excluding carboxylic acids is 2. The third-order valence-corrected chi connectivity index (χ3v) is 7.70. The standard InChI is InChI=1S/C21H34N2O2/c1-13(2)20(25)23-6-4-5-18(23)19(24)22-14(3)21-10-15-7-16(11-21)9-17(8-15)12-21/h13-18H,4-12H2,1-3H3,(H,22,24)/t14-,15?,16?,17?,18+,21?/m1/s1. The van der Waals surface area contributed by atoms with Gasteiger partial charge in [0.25, 0.3) is 0 Å². The largest absolute Gasteiger partial charge is 0.351 e. The highest BCUT2D eigenvalue weighted by molar-refractivity contribution is 5.89. The molecule has 0 spiro atoms. The Kier molecular flexibility index (Phi) is 4.36. The zero-order valence-electron chi connectivity index (χ0n) is 16.1. The summed E-state index contributed by atoms with van der Waals surface area (Å²) in [7, 11) is 0. The maximum absolute atomic E-state index is 13.0. The van der Waals surface area contributed by atoms with Gasteiger partial charge >= 0.3 is 0 Å². The van der Waals surface area contributed by atoms with Gasteiger partial charge in [0.1, 0.15) is 6.04 Å². The average molecular weight is 347 g/mol. The molecule has 1 saturated heterocycles. The summed E-state index contributed by atoms with van der Waals surface area (Å²) in [6.45, 7) is 6.82. The lowest BCUT2D eigenvalue weighted by Crippen LogP contribution is -2.58. The molecule has 0 aromatic carbocycles. The smallest absolute Gasteiger partial charge is 0.243 e. The molecule has 4 nitrogen and oxygen atoms in total. The molecule has 5 rings (SSSR count). The molecule has 0 unspecified atom stereocenters. The van der Waals surface area contributed by atoms with E-state index in [1.54, 1.807) is 0 Å². The summed E-state index contributed by atoms with van der Waals surface area (Å²) in [6, 6.07) is -0.00346. The monoisotopic (exact) mass is 346 g/mol. The van der Waals surface area contributed by atoms with Crippen molar-refractivity contribution in [1.29, 1.82) is 0 Å². The molecule has 1 aliphatic heterocycles. The molecule has 1 heterocycles. The van der Waals surface area contributed by atoms with Gasteiger partial charge in [0.15, 0.2) is 0 Å². The number of rotatable bonds is 4. The van der Waals surface area contributed by atoms with E-state index in [4.69, 9.17) is 0 Å². The Morgan fingerprint density at radius 1 is 1.00 bits per heavy atom. The molecule has 4 saturated carbocycles. The van der Waals surface area contributed by atoms with Gasteiger partial charge in [-0.2, -0.15) is 0 Å². The Morgan fingerprint density at radius 2 is 1.56 bits per heavy atom. The van der Waals surface area contributed by atoms with Crippen molar-refractivity contribution in [1.82, 2.24) is 10.2 Å². The molecule has 1 N–H and O–H groups in total. The first kappa shape index (κ1) is 17.4. The van der Waals surface area contributed by atoms with Crippen molar-refractivity contribution in [3.8, 4) is 0 Å². The fourth-order valence-electron chi connectivity index (χ4n) is 6.81. The van der Waals surface area contributed by atoms with Crippen LogP contribution in [0.25, 0.3) is 0 Å². The average Bonchev–Trinajstić information content (AvgIpc) is 3.02. The molecule has 2 atom stereocenters. The van der Waals surface area contributed by atoms with Crippen LogP contribution in [0.15, 0.2) is 0 Å². The van der Waals surface area contributed by atoms with Crippen LogP contribution >= 0.6 is 0 Å². The quantitative estimate of drug-likeness (QED) is 0.848. The predicted molar refractivity (Wildman–Crippen MR) is 97.8 cm³/mol. The van der Waals surface area contributed by atoms with Crippen LogP contribution in [-0.2, 0) is 9.59 Å². The molecule has 25 heavy (non-hydrogen) atoms. The molecule has 0 aromatic heterocycles. The molecule has 5 aliphatic rings. The summed E-state index contributed by atoms with van der Waals surface area (Å²) >= 11 is 0. The molecule has 4 aliphatic carbocycles. The molecule has 0 aromatic rings. The van der Waals surface area contributed by atoms with Crippen molar-refractivity contribution in [3.63, 3.8) is 0 Å². The number of nitrogens with zero attached hydrogens (tertiary/aromatic N) is 1. The van der Waals surface area contributed by atoms with Crippen LogP contribution in [0, 0.1) is 29.1 Å². The Bertz CT molecular complexity index is 521. The fraction of sp³-hybridized carbons (Fsp3) is 0.905. The summed E-state index contributed by atoms with van der Waals surface area (Å²) in [5.41, 5.74) is 0.329. The van der Waals surface area contributed by atoms with Crippen molar-refractivity contribution >= 4 is 11.8 Å². The maximum atomic E-state index is 13.0. The first-order valence-electron chi connectivity index (χ1n) is 10.5. The highest BCUT2D eigenvalue weighted by Gasteiger charge is 2.53. The third kappa shape index (κ3) is 3.00. The van der Waals surface area contributed by atoms with Crippen molar-refractivity contribution in [2.24, 2.45) is 29.1 Å². The van der Waals surface area contributed by atoms with Crippen LogP contribution in [0.3, 0.4) is 0 Å². The molecular weight excluding hydrogens is 312 g/mol. The van der Waals surface area contributed by atoms with E-state index in [2.05, 4.69) is 12.2 Å². The topological polar surface area (TPSA) is 49.4 Å². The van der Waals surface area contributed by atoms with E-state index >= 15 is 0 Å². The van der Waals surface area contributed by atoms with Crippen LogP contribution in [0.2, 0.25) is 0 Å². The van der Waals surface area contributed by atoms with Crippen LogP contribution in [-0.4, -0.2) is 35.3 Å². The summed E-state index contributed by atoms with van der Waals surface area (Å²) in [4.78, 5) is 27.2. The number of likely N-dealkylation sites (tertiary alicyclic amines) is 1. The van der Waals surface area contributed by atoms with E-state index in [-0.39, 0.29) is 29.8 Å². The maximum Gasteiger partial charge on any atom is 0.243 e. The lowest BCUT2D eigenvalue weighted by Gasteiger charge is -2.59. The Balaban J connectivity index is 1.43. The summed E-state index contributed by atoms with van der Waals surface area (Å²) in [6.07, 6.45) is 9.97. The molecule has 5 fully saturated rings. The number of hydrogen-bond donors (Lipinski definition) is 1. The van der Waals surface area contributed by atoms with Gasteiger partial charge in [0, 0.05) is 18.5 Å². The molecule has 0 radical (unpaired) electrons. The minimum atomic E-state index is -0.244. The van der Waals surface area contributed by atoms with Gasteiger partial charge in [0.05, 0.1) is 0 Å². The summed E-state index contributed by atoms with van der Waals surface area (Å²) in [5.74, 6) is 2.88. The summed E-state index contributed by atoms with van der Waals surface area (Å²) < 4.78 is 0.